The normalized spacial score (nSPS) is 12.9. The van der Waals surface area contributed by atoms with E-state index in [9.17, 15) is 0 Å². The summed E-state index contributed by atoms with van der Waals surface area (Å²) in [6.07, 6.45) is 5.09. The highest BCUT2D eigenvalue weighted by Gasteiger charge is 2.12. The van der Waals surface area contributed by atoms with Gasteiger partial charge in [0.1, 0.15) is 0 Å². The van der Waals surface area contributed by atoms with Crippen molar-refractivity contribution in [2.45, 2.75) is 46.5 Å². The van der Waals surface area contributed by atoms with Gasteiger partial charge in [0, 0.05) is 0 Å². The molecule has 0 bridgehead atoms. The van der Waals surface area contributed by atoms with Crippen molar-refractivity contribution in [2.75, 3.05) is 13.1 Å². The average Bonchev–Trinajstić information content (AvgIpc) is 2.38. The predicted molar refractivity (Wildman–Crippen MR) is 80.9 cm³/mol. The first-order valence-corrected chi connectivity index (χ1v) is 7.48. The van der Waals surface area contributed by atoms with E-state index in [1.54, 1.807) is 0 Å². The third-order valence-electron chi connectivity index (χ3n) is 3.66. The number of rotatable bonds is 9. The van der Waals surface area contributed by atoms with Gasteiger partial charge in [0.05, 0.1) is 0 Å². The summed E-state index contributed by atoms with van der Waals surface area (Å²) < 4.78 is 0. The number of benzene rings is 1. The molecule has 0 aliphatic rings. The smallest absolute Gasteiger partial charge is 0.00181 e. The number of aryl methyl sites for hydroxylation is 1. The quantitative estimate of drug-likeness (QED) is 0.642. The van der Waals surface area contributed by atoms with Gasteiger partial charge in [-0.25, -0.2) is 0 Å². The zero-order valence-corrected chi connectivity index (χ0v) is 12.3. The monoisotopic (exact) mass is 247 g/mol. The predicted octanol–water partition coefficient (Wildman–Crippen LogP) is 4.28. The van der Waals surface area contributed by atoms with Gasteiger partial charge in [-0.2, -0.15) is 0 Å². The molecule has 0 radical (unpaired) electrons. The standard InChI is InChI=1S/C17H29N/c1-4-13-18-14-17(15(2)3)12-8-11-16-9-6-5-7-10-16/h5-7,9-10,15,17-18H,4,8,11-14H2,1-3H3. The number of nitrogens with one attached hydrogen (secondary N) is 1. The molecule has 0 aliphatic heterocycles. The van der Waals surface area contributed by atoms with Crippen LogP contribution in [0.25, 0.3) is 0 Å². The molecule has 0 heterocycles. The van der Waals surface area contributed by atoms with E-state index in [2.05, 4.69) is 56.4 Å². The van der Waals surface area contributed by atoms with Gasteiger partial charge in [0.25, 0.3) is 0 Å². The summed E-state index contributed by atoms with van der Waals surface area (Å²) in [6, 6.07) is 10.8. The molecule has 0 aliphatic carbocycles. The minimum atomic E-state index is 0.783. The van der Waals surface area contributed by atoms with Crippen molar-refractivity contribution in [1.82, 2.24) is 5.32 Å². The van der Waals surface area contributed by atoms with E-state index in [4.69, 9.17) is 0 Å². The van der Waals surface area contributed by atoms with Gasteiger partial charge in [0.2, 0.25) is 0 Å². The van der Waals surface area contributed by atoms with Crippen LogP contribution in [0.3, 0.4) is 0 Å². The molecular weight excluding hydrogens is 218 g/mol. The highest BCUT2D eigenvalue weighted by Crippen LogP contribution is 2.18. The molecule has 1 rings (SSSR count). The Labute approximate surface area is 113 Å². The lowest BCUT2D eigenvalue weighted by Crippen LogP contribution is -2.26. The van der Waals surface area contributed by atoms with Gasteiger partial charge in [-0.3, -0.25) is 0 Å². The molecular formula is C17H29N. The summed E-state index contributed by atoms with van der Waals surface area (Å²) in [6.45, 7) is 9.26. The molecule has 0 saturated heterocycles. The fourth-order valence-electron chi connectivity index (χ4n) is 2.35. The molecule has 1 unspecified atom stereocenters. The first-order valence-electron chi connectivity index (χ1n) is 7.48. The van der Waals surface area contributed by atoms with Crippen LogP contribution in [0, 0.1) is 11.8 Å². The van der Waals surface area contributed by atoms with Crippen molar-refractivity contribution in [3.63, 3.8) is 0 Å². The van der Waals surface area contributed by atoms with E-state index in [1.807, 2.05) is 0 Å². The molecule has 18 heavy (non-hydrogen) atoms. The molecule has 1 aromatic carbocycles. The van der Waals surface area contributed by atoms with Crippen LogP contribution >= 0.6 is 0 Å². The summed E-state index contributed by atoms with van der Waals surface area (Å²) >= 11 is 0. The van der Waals surface area contributed by atoms with Crippen molar-refractivity contribution in [3.05, 3.63) is 35.9 Å². The summed E-state index contributed by atoms with van der Waals surface area (Å²) in [4.78, 5) is 0. The third-order valence-corrected chi connectivity index (χ3v) is 3.66. The zero-order chi connectivity index (χ0) is 13.2. The van der Waals surface area contributed by atoms with Crippen LogP contribution in [0.1, 0.15) is 45.6 Å². The van der Waals surface area contributed by atoms with Crippen molar-refractivity contribution >= 4 is 0 Å². The lowest BCUT2D eigenvalue weighted by molar-refractivity contribution is 0.334. The van der Waals surface area contributed by atoms with Crippen LogP contribution in [0.5, 0.6) is 0 Å². The molecule has 1 nitrogen and oxygen atoms in total. The van der Waals surface area contributed by atoms with Gasteiger partial charge < -0.3 is 5.32 Å². The largest absolute Gasteiger partial charge is 0.316 e. The molecule has 1 N–H and O–H groups in total. The average molecular weight is 247 g/mol. The summed E-state index contributed by atoms with van der Waals surface area (Å²) in [5.74, 6) is 1.60. The highest BCUT2D eigenvalue weighted by molar-refractivity contribution is 5.14. The maximum absolute atomic E-state index is 3.57. The fourth-order valence-corrected chi connectivity index (χ4v) is 2.35. The van der Waals surface area contributed by atoms with E-state index in [-0.39, 0.29) is 0 Å². The molecule has 1 aromatic rings. The first-order chi connectivity index (χ1) is 8.74. The second-order valence-corrected chi connectivity index (χ2v) is 5.59. The Balaban J connectivity index is 2.25. The fraction of sp³-hybridized carbons (Fsp3) is 0.647. The minimum absolute atomic E-state index is 0.783. The van der Waals surface area contributed by atoms with Crippen molar-refractivity contribution < 1.29 is 0 Å². The molecule has 0 fully saturated rings. The van der Waals surface area contributed by atoms with E-state index in [0.717, 1.165) is 18.4 Å². The van der Waals surface area contributed by atoms with E-state index >= 15 is 0 Å². The maximum atomic E-state index is 3.57. The zero-order valence-electron chi connectivity index (χ0n) is 12.3. The molecule has 102 valence electrons. The maximum Gasteiger partial charge on any atom is -0.00181 e. The van der Waals surface area contributed by atoms with Crippen molar-refractivity contribution in [1.29, 1.82) is 0 Å². The Kier molecular flexibility index (Phi) is 7.75. The Bertz CT molecular complexity index is 292. The molecule has 0 aromatic heterocycles. The number of hydrogen-bond donors (Lipinski definition) is 1. The summed E-state index contributed by atoms with van der Waals surface area (Å²) in [7, 11) is 0. The van der Waals surface area contributed by atoms with E-state index < -0.39 is 0 Å². The minimum Gasteiger partial charge on any atom is -0.316 e. The van der Waals surface area contributed by atoms with Crippen LogP contribution in [0.15, 0.2) is 30.3 Å². The molecule has 0 spiro atoms. The lowest BCUT2D eigenvalue weighted by atomic mass is 9.89. The molecule has 1 atom stereocenters. The van der Waals surface area contributed by atoms with Gasteiger partial charge in [-0.05, 0) is 56.2 Å². The van der Waals surface area contributed by atoms with E-state index in [0.29, 0.717) is 0 Å². The SMILES string of the molecule is CCCNCC(CCCc1ccccc1)C(C)C. The van der Waals surface area contributed by atoms with Crippen LogP contribution in [0.2, 0.25) is 0 Å². The van der Waals surface area contributed by atoms with Crippen LogP contribution in [-0.2, 0) is 6.42 Å². The van der Waals surface area contributed by atoms with Crippen LogP contribution in [-0.4, -0.2) is 13.1 Å². The molecule has 0 saturated carbocycles. The van der Waals surface area contributed by atoms with E-state index in [1.165, 1.54) is 37.8 Å². The highest BCUT2D eigenvalue weighted by atomic mass is 14.9. The third kappa shape index (κ3) is 6.20. The lowest BCUT2D eigenvalue weighted by Gasteiger charge is -2.21. The van der Waals surface area contributed by atoms with Gasteiger partial charge >= 0.3 is 0 Å². The second kappa shape index (κ2) is 9.16. The Morgan fingerprint density at radius 3 is 2.44 bits per heavy atom. The van der Waals surface area contributed by atoms with Crippen LogP contribution < -0.4 is 5.32 Å². The second-order valence-electron chi connectivity index (χ2n) is 5.59. The first kappa shape index (κ1) is 15.2. The molecule has 1 heteroatoms. The van der Waals surface area contributed by atoms with Gasteiger partial charge in [-0.1, -0.05) is 51.1 Å². The summed E-state index contributed by atoms with van der Waals surface area (Å²) in [5, 5.41) is 3.57. The number of hydrogen-bond acceptors (Lipinski definition) is 1. The van der Waals surface area contributed by atoms with Gasteiger partial charge in [-0.15, -0.1) is 0 Å². The summed E-state index contributed by atoms with van der Waals surface area (Å²) in [5.41, 5.74) is 1.47. The Hall–Kier alpha value is -0.820. The van der Waals surface area contributed by atoms with Gasteiger partial charge in [0.15, 0.2) is 0 Å². The Morgan fingerprint density at radius 1 is 1.11 bits per heavy atom. The molecule has 0 amide bonds. The van der Waals surface area contributed by atoms with Crippen molar-refractivity contribution in [2.24, 2.45) is 11.8 Å². The van der Waals surface area contributed by atoms with Crippen LogP contribution in [0.4, 0.5) is 0 Å². The topological polar surface area (TPSA) is 12.0 Å². The van der Waals surface area contributed by atoms with Crippen molar-refractivity contribution in [3.8, 4) is 0 Å². The Morgan fingerprint density at radius 2 is 1.83 bits per heavy atom.